The number of aromatic amines is 1. The maximum atomic E-state index is 12.8. The molecule has 4 heterocycles. The Balaban J connectivity index is 0.654. The lowest BCUT2D eigenvalue weighted by Gasteiger charge is -2.26. The van der Waals surface area contributed by atoms with Gasteiger partial charge in [0, 0.05) is 43.4 Å². The highest BCUT2D eigenvalue weighted by Crippen LogP contribution is 2.41. The molecule has 3 fully saturated rings. The number of nitrogens with zero attached hydrogens (tertiary/aromatic N) is 2. The highest BCUT2D eigenvalue weighted by Gasteiger charge is 2.45. The molecule has 3 aliphatic heterocycles. The van der Waals surface area contributed by atoms with Gasteiger partial charge in [0.25, 0.3) is 17.6 Å². The van der Waals surface area contributed by atoms with Crippen molar-refractivity contribution in [3.8, 4) is 11.5 Å². The molecule has 7 rings (SSSR count). The number of hydrogen-bond acceptors (Lipinski definition) is 17. The van der Waals surface area contributed by atoms with Gasteiger partial charge in [0.2, 0.25) is 12.0 Å². The summed E-state index contributed by atoms with van der Waals surface area (Å²) < 4.78 is 27.9. The summed E-state index contributed by atoms with van der Waals surface area (Å²) in [5.41, 5.74) is 5.03. The molecule has 2 atom stereocenters. The summed E-state index contributed by atoms with van der Waals surface area (Å²) in [5.74, 6) is -1.05. The molecule has 2 unspecified atom stereocenters. The van der Waals surface area contributed by atoms with Crippen molar-refractivity contribution < 1.29 is 62.6 Å². The first-order valence-corrected chi connectivity index (χ1v) is 21.3. The molecule has 2 amide bonds. The molecule has 2 aromatic carbocycles. The lowest BCUT2D eigenvalue weighted by atomic mass is 9.89. The number of para-hydroxylation sites is 1. The fraction of sp³-hybridized carbons (Fsp3) is 0.610. The fourth-order valence-corrected chi connectivity index (χ4v) is 7.24. The quantitative estimate of drug-likeness (QED) is 0.0676. The molecule has 2 saturated heterocycles. The monoisotopic (exact) mass is 857 g/mol. The smallest absolute Gasteiger partial charge is 0.282 e. The van der Waals surface area contributed by atoms with Crippen LogP contribution in [0.1, 0.15) is 55.4 Å². The van der Waals surface area contributed by atoms with Crippen molar-refractivity contribution >= 4 is 34.1 Å². The Bertz CT molecular complexity index is 1830. The molecular formula is C41H59N7O13. The van der Waals surface area contributed by atoms with Gasteiger partial charge in [0.15, 0.2) is 5.75 Å². The number of aromatic nitrogens is 1. The third kappa shape index (κ3) is 13.1. The van der Waals surface area contributed by atoms with Crippen molar-refractivity contribution in [1.82, 2.24) is 26.5 Å². The molecule has 0 spiro atoms. The summed E-state index contributed by atoms with van der Waals surface area (Å²) in [7, 11) is 0. The van der Waals surface area contributed by atoms with Crippen LogP contribution in [0, 0.1) is 5.92 Å². The van der Waals surface area contributed by atoms with Gasteiger partial charge >= 0.3 is 0 Å². The first-order chi connectivity index (χ1) is 29.9. The zero-order valence-corrected chi connectivity index (χ0v) is 34.5. The Hall–Kier alpha value is -4.32. The number of fused-ring (bicyclic) bond motifs is 2. The van der Waals surface area contributed by atoms with Crippen LogP contribution >= 0.6 is 0 Å². The van der Waals surface area contributed by atoms with Crippen molar-refractivity contribution in [2.24, 2.45) is 5.92 Å². The van der Waals surface area contributed by atoms with E-state index in [1.165, 1.54) is 29.6 Å². The van der Waals surface area contributed by atoms with Crippen LogP contribution in [-0.2, 0) is 43.0 Å². The molecule has 20 nitrogen and oxygen atoms in total. The summed E-state index contributed by atoms with van der Waals surface area (Å²) in [6.07, 6.45) is 6.10. The van der Waals surface area contributed by atoms with Gasteiger partial charge in [-0.05, 0) is 55.2 Å². The van der Waals surface area contributed by atoms with Crippen LogP contribution in [0.2, 0.25) is 0 Å². The van der Waals surface area contributed by atoms with Gasteiger partial charge in [-0.25, -0.2) is 4.84 Å². The molecule has 336 valence electrons. The molecule has 1 aliphatic carbocycles. The van der Waals surface area contributed by atoms with Crippen molar-refractivity contribution in [2.75, 3.05) is 109 Å². The predicted molar refractivity (Wildman–Crippen MR) is 219 cm³/mol. The Kier molecular flexibility index (Phi) is 17.0. The molecule has 1 saturated carbocycles. The summed E-state index contributed by atoms with van der Waals surface area (Å²) in [5, 5.41) is 23.6. The first-order valence-electron chi connectivity index (χ1n) is 21.3. The van der Waals surface area contributed by atoms with E-state index in [4.69, 9.17) is 47.9 Å². The molecule has 0 radical (unpaired) electrons. The summed E-state index contributed by atoms with van der Waals surface area (Å²) in [6.45, 7) is 6.57. The molecular weight excluding hydrogens is 798 g/mol. The molecule has 1 aromatic heterocycles. The van der Waals surface area contributed by atoms with Crippen LogP contribution in [0.25, 0.3) is 10.9 Å². The molecule has 0 bridgehead atoms. The van der Waals surface area contributed by atoms with Crippen LogP contribution in [-0.4, -0.2) is 138 Å². The number of ether oxygens (including phenoxy) is 5. The zero-order valence-electron chi connectivity index (χ0n) is 34.5. The maximum Gasteiger partial charge on any atom is 0.282 e. The Labute approximate surface area is 354 Å². The Morgan fingerprint density at radius 1 is 0.820 bits per heavy atom. The summed E-state index contributed by atoms with van der Waals surface area (Å²) in [4.78, 5) is 56.3. The van der Waals surface area contributed by atoms with Gasteiger partial charge in [0.05, 0.1) is 95.8 Å². The number of carbonyl (C=O) groups excluding carboxylic acids is 2. The van der Waals surface area contributed by atoms with Gasteiger partial charge in [-0.15, -0.1) is 0 Å². The molecule has 61 heavy (non-hydrogen) atoms. The number of anilines is 2. The van der Waals surface area contributed by atoms with Crippen LogP contribution < -0.4 is 36.3 Å². The number of nitrogens with one attached hydrogen (secondary N) is 5. The van der Waals surface area contributed by atoms with Crippen LogP contribution in [0.4, 0.5) is 11.4 Å². The van der Waals surface area contributed by atoms with E-state index in [1.54, 1.807) is 6.07 Å². The average Bonchev–Trinajstić information content (AvgIpc) is 4.04. The number of hydrogen-bond donors (Lipinski definition) is 6. The molecule has 4 aliphatic rings. The molecule has 20 heteroatoms. The normalized spacial score (nSPS) is 20.7. The van der Waals surface area contributed by atoms with Gasteiger partial charge in [-0.2, -0.15) is 0 Å². The second-order valence-corrected chi connectivity index (χ2v) is 15.0. The van der Waals surface area contributed by atoms with E-state index < -0.39 is 17.9 Å². The van der Waals surface area contributed by atoms with Gasteiger partial charge in [0.1, 0.15) is 5.69 Å². The SMILES string of the molecule is O=C(NCCOCCOCCOCCOCCOCCNc1cccc2c1ON(C1CCONO1)O2)c1cc2cc(N3CCC(O)(C(=O)NCC4CCCCC4)O3)ccc2[nH]1. The lowest BCUT2D eigenvalue weighted by molar-refractivity contribution is -0.376. The van der Waals surface area contributed by atoms with Crippen molar-refractivity contribution in [3.05, 3.63) is 48.2 Å². The molecule has 3 aromatic rings. The van der Waals surface area contributed by atoms with Gasteiger partial charge in [-0.3, -0.25) is 24.3 Å². The third-order valence-electron chi connectivity index (χ3n) is 10.6. The first kappa shape index (κ1) is 44.7. The fourth-order valence-electron chi connectivity index (χ4n) is 7.24. The zero-order chi connectivity index (χ0) is 42.1. The highest BCUT2D eigenvalue weighted by atomic mass is 17.0. The maximum absolute atomic E-state index is 12.8. The predicted octanol–water partition coefficient (Wildman–Crippen LogP) is 2.71. The lowest BCUT2D eigenvalue weighted by Crippen LogP contribution is -2.48. The van der Waals surface area contributed by atoms with Crippen LogP contribution in [0.15, 0.2) is 42.5 Å². The minimum absolute atomic E-state index is 0.152. The van der Waals surface area contributed by atoms with E-state index in [0.29, 0.717) is 134 Å². The van der Waals surface area contributed by atoms with Crippen molar-refractivity contribution in [1.29, 1.82) is 0 Å². The topological polar surface area (TPSA) is 217 Å². The van der Waals surface area contributed by atoms with E-state index in [0.717, 1.165) is 29.4 Å². The summed E-state index contributed by atoms with van der Waals surface area (Å²) >= 11 is 0. The van der Waals surface area contributed by atoms with Crippen LogP contribution in [0.3, 0.4) is 0 Å². The van der Waals surface area contributed by atoms with E-state index in [2.05, 4.69) is 26.6 Å². The number of benzene rings is 2. The van der Waals surface area contributed by atoms with Crippen LogP contribution in [0.5, 0.6) is 11.5 Å². The Morgan fingerprint density at radius 2 is 1.54 bits per heavy atom. The highest BCUT2D eigenvalue weighted by molar-refractivity contribution is 5.98. The minimum Gasteiger partial charge on any atom is -0.380 e. The number of aliphatic hydroxyl groups is 1. The summed E-state index contributed by atoms with van der Waals surface area (Å²) in [6, 6.07) is 12.9. The second-order valence-electron chi connectivity index (χ2n) is 15.0. The van der Waals surface area contributed by atoms with E-state index in [1.807, 2.05) is 36.4 Å². The van der Waals surface area contributed by atoms with Gasteiger partial charge in [-0.1, -0.05) is 31.0 Å². The van der Waals surface area contributed by atoms with Crippen molar-refractivity contribution in [3.63, 3.8) is 0 Å². The average molecular weight is 858 g/mol. The number of hydroxylamine groups is 3. The minimum atomic E-state index is -1.91. The van der Waals surface area contributed by atoms with E-state index >= 15 is 0 Å². The largest absolute Gasteiger partial charge is 0.380 e. The number of H-pyrrole nitrogens is 1. The second kappa shape index (κ2) is 23.2. The number of rotatable bonds is 25. The third-order valence-corrected chi connectivity index (χ3v) is 10.6. The number of carbonyl (C=O) groups is 2. The Morgan fingerprint density at radius 3 is 2.26 bits per heavy atom. The standard InChI is InChI=1S/C41H59N7O13/c49-39(35-28-31-27-32(9-10-33(31)45-35)47-15-12-41(51,61-47)40(50)44-29-30-5-2-1-3-6-30)43-14-18-53-20-22-55-24-26-56-25-23-54-21-19-52-17-13-42-34-7-4-8-36-38(34)60-48(59-36)37-11-16-57-46-58-37/h4,7-10,27-28,30,37,42,45-46,51H,1-3,5-6,11-26,29H2,(H,43,49)(H,44,50). The number of amides is 2. The van der Waals surface area contributed by atoms with Gasteiger partial charge < -0.3 is 59.4 Å². The van der Waals surface area contributed by atoms with Crippen molar-refractivity contribution in [2.45, 2.75) is 57.0 Å². The van der Waals surface area contributed by atoms with E-state index in [9.17, 15) is 14.7 Å². The van der Waals surface area contributed by atoms with E-state index in [-0.39, 0.29) is 12.3 Å². The molecule has 6 N–H and O–H groups in total.